The molecular formula is C25H21N3O2S2. The summed E-state index contributed by atoms with van der Waals surface area (Å²) in [5.74, 6) is 0.246. The highest BCUT2D eigenvalue weighted by Gasteiger charge is 2.25. The number of rotatable bonds is 6. The van der Waals surface area contributed by atoms with Crippen LogP contribution < -0.4 is 10.5 Å². The maximum atomic E-state index is 13.4. The number of anilines is 1. The van der Waals surface area contributed by atoms with Crippen LogP contribution in [0.25, 0.3) is 21.3 Å². The van der Waals surface area contributed by atoms with Gasteiger partial charge >= 0.3 is 0 Å². The minimum absolute atomic E-state index is 0.0237. The van der Waals surface area contributed by atoms with Gasteiger partial charge in [0.05, 0.1) is 11.1 Å². The number of nitrogens with zero attached hydrogens (tertiary/aromatic N) is 3. The first-order valence-corrected chi connectivity index (χ1v) is 12.2. The van der Waals surface area contributed by atoms with Crippen molar-refractivity contribution in [2.75, 3.05) is 17.2 Å². The topological polar surface area (TPSA) is 55.2 Å². The van der Waals surface area contributed by atoms with Crippen molar-refractivity contribution in [2.45, 2.75) is 18.1 Å². The SMILES string of the molecule is C=CCn1c(SCC(=O)N2CCc3ccccc32)nc2scc(-c3ccccc3)c2c1=O. The Bertz CT molecular complexity index is 1380. The number of thioether (sulfide) groups is 1. The second kappa shape index (κ2) is 8.76. The Balaban J connectivity index is 1.47. The van der Waals surface area contributed by atoms with Gasteiger partial charge in [0.15, 0.2) is 5.16 Å². The molecule has 0 saturated heterocycles. The maximum absolute atomic E-state index is 13.4. The van der Waals surface area contributed by atoms with E-state index in [4.69, 9.17) is 4.98 Å². The van der Waals surface area contributed by atoms with Gasteiger partial charge in [-0.2, -0.15) is 0 Å². The van der Waals surface area contributed by atoms with Crippen LogP contribution in [0.2, 0.25) is 0 Å². The highest BCUT2D eigenvalue weighted by molar-refractivity contribution is 7.99. The van der Waals surface area contributed by atoms with Gasteiger partial charge in [-0.15, -0.1) is 17.9 Å². The summed E-state index contributed by atoms with van der Waals surface area (Å²) < 4.78 is 1.62. The Morgan fingerprint density at radius 2 is 1.94 bits per heavy atom. The molecule has 3 heterocycles. The fourth-order valence-corrected chi connectivity index (χ4v) is 5.91. The predicted molar refractivity (Wildman–Crippen MR) is 133 cm³/mol. The normalized spacial score (nSPS) is 12.8. The summed E-state index contributed by atoms with van der Waals surface area (Å²) >= 11 is 2.77. The quantitative estimate of drug-likeness (QED) is 0.232. The summed E-state index contributed by atoms with van der Waals surface area (Å²) in [7, 11) is 0. The van der Waals surface area contributed by atoms with Crippen molar-refractivity contribution in [1.82, 2.24) is 9.55 Å². The van der Waals surface area contributed by atoms with Crippen LogP contribution in [0.1, 0.15) is 5.56 Å². The summed E-state index contributed by atoms with van der Waals surface area (Å²) in [6.07, 6.45) is 2.56. The van der Waals surface area contributed by atoms with E-state index in [0.717, 1.165) is 23.2 Å². The fourth-order valence-electron chi connectivity index (χ4n) is 4.04. The third kappa shape index (κ3) is 3.67. The molecule has 5 nitrogen and oxygen atoms in total. The van der Waals surface area contributed by atoms with Crippen LogP contribution in [0.5, 0.6) is 0 Å². The van der Waals surface area contributed by atoms with E-state index in [1.54, 1.807) is 10.6 Å². The highest BCUT2D eigenvalue weighted by atomic mass is 32.2. The van der Waals surface area contributed by atoms with Gasteiger partial charge in [-0.25, -0.2) is 4.98 Å². The molecule has 0 radical (unpaired) electrons. The first kappa shape index (κ1) is 20.7. The van der Waals surface area contributed by atoms with Crippen LogP contribution in [0, 0.1) is 0 Å². The average Bonchev–Trinajstić information content (AvgIpc) is 3.45. The lowest BCUT2D eigenvalue weighted by Gasteiger charge is -2.17. The number of para-hydroxylation sites is 1. The maximum Gasteiger partial charge on any atom is 0.263 e. The molecular weight excluding hydrogens is 438 g/mol. The van der Waals surface area contributed by atoms with Gasteiger partial charge in [-0.1, -0.05) is 66.4 Å². The van der Waals surface area contributed by atoms with Gasteiger partial charge < -0.3 is 4.90 Å². The van der Waals surface area contributed by atoms with E-state index in [0.29, 0.717) is 28.5 Å². The van der Waals surface area contributed by atoms with Gasteiger partial charge in [0, 0.05) is 29.7 Å². The van der Waals surface area contributed by atoms with Crippen molar-refractivity contribution >= 4 is 44.9 Å². The third-order valence-corrected chi connectivity index (χ3v) is 7.40. The average molecular weight is 460 g/mol. The lowest BCUT2D eigenvalue weighted by Crippen LogP contribution is -2.31. The first-order valence-electron chi connectivity index (χ1n) is 10.4. The number of benzene rings is 2. The van der Waals surface area contributed by atoms with Gasteiger partial charge in [-0.05, 0) is 23.6 Å². The van der Waals surface area contributed by atoms with E-state index < -0.39 is 0 Å². The molecule has 1 aliphatic heterocycles. The number of thiophene rings is 1. The summed E-state index contributed by atoms with van der Waals surface area (Å²) in [4.78, 5) is 33.7. The van der Waals surface area contributed by atoms with E-state index in [2.05, 4.69) is 12.6 Å². The Morgan fingerprint density at radius 3 is 2.75 bits per heavy atom. The number of aromatic nitrogens is 2. The monoisotopic (exact) mass is 459 g/mol. The van der Waals surface area contributed by atoms with Crippen molar-refractivity contribution in [3.63, 3.8) is 0 Å². The molecule has 4 aromatic rings. The minimum atomic E-state index is -0.100. The van der Waals surface area contributed by atoms with E-state index in [1.807, 2.05) is 58.8 Å². The molecule has 0 spiro atoms. The van der Waals surface area contributed by atoms with E-state index in [1.165, 1.54) is 28.7 Å². The molecule has 0 bridgehead atoms. The van der Waals surface area contributed by atoms with Crippen molar-refractivity contribution in [2.24, 2.45) is 0 Å². The molecule has 0 N–H and O–H groups in total. The summed E-state index contributed by atoms with van der Waals surface area (Å²) in [6.45, 7) is 4.83. The summed E-state index contributed by atoms with van der Waals surface area (Å²) in [5, 5.41) is 3.14. The zero-order valence-corrected chi connectivity index (χ0v) is 19.0. The Labute approximate surface area is 194 Å². The predicted octanol–water partition coefficient (Wildman–Crippen LogP) is 4.99. The number of amides is 1. The largest absolute Gasteiger partial charge is 0.311 e. The molecule has 2 aromatic carbocycles. The van der Waals surface area contributed by atoms with Crippen molar-refractivity contribution < 1.29 is 4.79 Å². The lowest BCUT2D eigenvalue weighted by atomic mass is 10.1. The Morgan fingerprint density at radius 1 is 1.16 bits per heavy atom. The molecule has 160 valence electrons. The molecule has 0 aliphatic carbocycles. The third-order valence-electron chi connectivity index (χ3n) is 5.57. The highest BCUT2D eigenvalue weighted by Crippen LogP contribution is 2.33. The number of allylic oxidation sites excluding steroid dienone is 1. The van der Waals surface area contributed by atoms with Crippen LogP contribution in [0.15, 0.2) is 82.6 Å². The van der Waals surface area contributed by atoms with E-state index >= 15 is 0 Å². The molecule has 0 saturated carbocycles. The van der Waals surface area contributed by atoms with Crippen LogP contribution in [-0.2, 0) is 17.8 Å². The number of carbonyl (C=O) groups is 1. The second-order valence-corrected chi connectivity index (χ2v) is 9.31. The van der Waals surface area contributed by atoms with Crippen LogP contribution in [-0.4, -0.2) is 27.8 Å². The smallest absolute Gasteiger partial charge is 0.263 e. The van der Waals surface area contributed by atoms with Crippen molar-refractivity contribution in [3.05, 3.63) is 88.5 Å². The Kier molecular flexibility index (Phi) is 5.68. The number of hydrogen-bond acceptors (Lipinski definition) is 5. The van der Waals surface area contributed by atoms with Gasteiger partial charge in [0.2, 0.25) is 5.91 Å². The molecule has 7 heteroatoms. The fraction of sp³-hybridized carbons (Fsp3) is 0.160. The minimum Gasteiger partial charge on any atom is -0.311 e. The van der Waals surface area contributed by atoms with Gasteiger partial charge in [0.1, 0.15) is 4.83 Å². The first-order chi connectivity index (χ1) is 15.7. The standard InChI is InChI=1S/C25H21N3O2S2/c1-2-13-28-24(30)22-19(17-8-4-3-5-9-17)15-31-23(22)26-25(28)32-16-21(29)27-14-12-18-10-6-7-11-20(18)27/h2-11,15H,1,12-14,16H2. The van der Waals surface area contributed by atoms with Gasteiger partial charge in [-0.3, -0.25) is 14.2 Å². The van der Waals surface area contributed by atoms with E-state index in [9.17, 15) is 9.59 Å². The van der Waals surface area contributed by atoms with Crippen LogP contribution in [0.3, 0.4) is 0 Å². The van der Waals surface area contributed by atoms with Crippen LogP contribution >= 0.6 is 23.1 Å². The molecule has 1 amide bonds. The number of fused-ring (bicyclic) bond motifs is 2. The van der Waals surface area contributed by atoms with Crippen LogP contribution in [0.4, 0.5) is 5.69 Å². The molecule has 32 heavy (non-hydrogen) atoms. The Hall–Kier alpha value is -3.16. The number of hydrogen-bond donors (Lipinski definition) is 0. The molecule has 0 fully saturated rings. The van der Waals surface area contributed by atoms with Crippen molar-refractivity contribution in [3.8, 4) is 11.1 Å². The zero-order chi connectivity index (χ0) is 22.1. The van der Waals surface area contributed by atoms with E-state index in [-0.39, 0.29) is 17.2 Å². The molecule has 2 aromatic heterocycles. The number of carbonyl (C=O) groups excluding carboxylic acids is 1. The van der Waals surface area contributed by atoms with Crippen molar-refractivity contribution in [1.29, 1.82) is 0 Å². The van der Waals surface area contributed by atoms with Gasteiger partial charge in [0.25, 0.3) is 5.56 Å². The summed E-state index contributed by atoms with van der Waals surface area (Å²) in [5.41, 5.74) is 3.96. The molecule has 0 unspecified atom stereocenters. The zero-order valence-electron chi connectivity index (χ0n) is 17.4. The molecule has 1 aliphatic rings. The molecule has 5 rings (SSSR count). The molecule has 0 atom stereocenters. The summed E-state index contributed by atoms with van der Waals surface area (Å²) in [6, 6.07) is 17.9. The second-order valence-electron chi connectivity index (χ2n) is 7.51. The lowest BCUT2D eigenvalue weighted by molar-refractivity contribution is -0.116.